The van der Waals surface area contributed by atoms with Crippen molar-refractivity contribution in [2.75, 3.05) is 6.61 Å². The number of hydrogen-bond acceptors (Lipinski definition) is 2. The minimum Gasteiger partial charge on any atom is -0.494 e. The zero-order valence-corrected chi connectivity index (χ0v) is 12.4. The molecule has 0 aromatic heterocycles. The van der Waals surface area contributed by atoms with E-state index < -0.39 is 11.2 Å². The second-order valence-corrected chi connectivity index (χ2v) is 5.03. The van der Waals surface area contributed by atoms with Crippen LogP contribution in [0.4, 0.5) is 4.39 Å². The van der Waals surface area contributed by atoms with Crippen LogP contribution in [0.3, 0.4) is 0 Å². The van der Waals surface area contributed by atoms with E-state index in [4.69, 9.17) is 16.3 Å². The summed E-state index contributed by atoms with van der Waals surface area (Å²) in [6.07, 6.45) is 0.421. The number of halogens is 2. The average Bonchev–Trinajstić information content (AvgIpc) is 2.47. The van der Waals surface area contributed by atoms with Crippen LogP contribution >= 0.6 is 11.6 Å². The lowest BCUT2D eigenvalue weighted by Gasteiger charge is -2.16. The van der Waals surface area contributed by atoms with Crippen LogP contribution in [0.2, 0.25) is 0 Å². The predicted molar refractivity (Wildman–Crippen MR) is 81.3 cm³/mol. The maximum atomic E-state index is 13.0. The molecule has 21 heavy (non-hydrogen) atoms. The first-order chi connectivity index (χ1) is 10.1. The lowest BCUT2D eigenvalue weighted by molar-refractivity contribution is -0.113. The fourth-order valence-corrected chi connectivity index (χ4v) is 2.42. The maximum absolute atomic E-state index is 13.0. The molecule has 0 aliphatic heterocycles. The van der Waals surface area contributed by atoms with Crippen molar-refractivity contribution in [2.45, 2.75) is 19.3 Å². The Morgan fingerprint density at radius 3 is 2.48 bits per heavy atom. The van der Waals surface area contributed by atoms with E-state index in [1.807, 2.05) is 31.2 Å². The summed E-state index contributed by atoms with van der Waals surface area (Å²) < 4.78 is 18.6. The molecule has 110 valence electrons. The van der Waals surface area contributed by atoms with Crippen molar-refractivity contribution < 1.29 is 13.9 Å². The van der Waals surface area contributed by atoms with Crippen LogP contribution < -0.4 is 4.74 Å². The van der Waals surface area contributed by atoms with Gasteiger partial charge in [0.25, 0.3) is 0 Å². The minimum absolute atomic E-state index is 0.339. The molecule has 0 saturated carbocycles. The number of benzene rings is 2. The Hall–Kier alpha value is -1.87. The lowest BCUT2D eigenvalue weighted by Crippen LogP contribution is -2.11. The summed E-state index contributed by atoms with van der Waals surface area (Å²) in [5, 5.41) is -0.465. The van der Waals surface area contributed by atoms with Crippen molar-refractivity contribution in [3.63, 3.8) is 0 Å². The highest BCUT2D eigenvalue weighted by atomic mass is 35.5. The van der Waals surface area contributed by atoms with Gasteiger partial charge in [0, 0.05) is 0 Å². The van der Waals surface area contributed by atoms with Gasteiger partial charge in [0.15, 0.2) is 0 Å². The van der Waals surface area contributed by atoms with Gasteiger partial charge in [0.05, 0.1) is 12.5 Å². The molecule has 2 aromatic rings. The molecule has 0 bridgehead atoms. The van der Waals surface area contributed by atoms with Gasteiger partial charge in [-0.3, -0.25) is 4.79 Å². The first-order valence-corrected chi connectivity index (χ1v) is 7.15. The van der Waals surface area contributed by atoms with Gasteiger partial charge in [-0.2, -0.15) is 0 Å². The summed E-state index contributed by atoms with van der Waals surface area (Å²) in [4.78, 5) is 11.7. The van der Waals surface area contributed by atoms with Crippen LogP contribution in [-0.4, -0.2) is 11.8 Å². The van der Waals surface area contributed by atoms with E-state index >= 15 is 0 Å². The Bertz CT molecular complexity index is 610. The van der Waals surface area contributed by atoms with Gasteiger partial charge in [0.1, 0.15) is 11.6 Å². The summed E-state index contributed by atoms with van der Waals surface area (Å²) in [7, 11) is 0. The Kier molecular flexibility index (Phi) is 5.34. The average molecular weight is 307 g/mol. The van der Waals surface area contributed by atoms with E-state index in [0.717, 1.165) is 11.3 Å². The van der Waals surface area contributed by atoms with Crippen molar-refractivity contribution in [3.05, 3.63) is 65.5 Å². The molecule has 0 aliphatic rings. The zero-order valence-electron chi connectivity index (χ0n) is 11.7. The Labute approximate surface area is 128 Å². The molecule has 0 saturated heterocycles. The Morgan fingerprint density at radius 2 is 1.86 bits per heavy atom. The molecule has 0 N–H and O–H groups in total. The second kappa shape index (κ2) is 7.23. The number of hydrogen-bond donors (Lipinski definition) is 0. The summed E-state index contributed by atoms with van der Waals surface area (Å²) in [5.41, 5.74) is 1.60. The van der Waals surface area contributed by atoms with Crippen LogP contribution in [0.5, 0.6) is 5.75 Å². The van der Waals surface area contributed by atoms with Crippen LogP contribution in [-0.2, 0) is 11.2 Å². The van der Waals surface area contributed by atoms with Gasteiger partial charge in [-0.05, 0) is 54.3 Å². The number of carbonyl (C=O) groups excluding carboxylic acids is 1. The van der Waals surface area contributed by atoms with Crippen LogP contribution in [0.1, 0.15) is 24.0 Å². The van der Waals surface area contributed by atoms with Gasteiger partial charge in [-0.25, -0.2) is 4.39 Å². The third-order valence-corrected chi connectivity index (χ3v) is 3.51. The first kappa shape index (κ1) is 15.5. The van der Waals surface area contributed by atoms with Crippen molar-refractivity contribution in [1.82, 2.24) is 0 Å². The summed E-state index contributed by atoms with van der Waals surface area (Å²) in [6, 6.07) is 13.4. The smallest absolute Gasteiger partial charge is 0.229 e. The summed E-state index contributed by atoms with van der Waals surface area (Å²) in [5.74, 6) is -0.117. The minimum atomic E-state index is -0.520. The monoisotopic (exact) mass is 306 g/mol. The number of rotatable bonds is 6. The van der Waals surface area contributed by atoms with E-state index in [1.54, 1.807) is 12.1 Å². The lowest BCUT2D eigenvalue weighted by atomic mass is 9.92. The molecular formula is C17H16ClFO2. The fourth-order valence-electron chi connectivity index (χ4n) is 2.21. The van der Waals surface area contributed by atoms with Crippen molar-refractivity contribution in [1.29, 1.82) is 0 Å². The van der Waals surface area contributed by atoms with Crippen LogP contribution in [0, 0.1) is 5.82 Å². The quantitative estimate of drug-likeness (QED) is 0.743. The zero-order chi connectivity index (χ0) is 15.2. The topological polar surface area (TPSA) is 26.3 Å². The molecule has 0 radical (unpaired) electrons. The third kappa shape index (κ3) is 4.05. The maximum Gasteiger partial charge on any atom is 0.229 e. The summed E-state index contributed by atoms with van der Waals surface area (Å²) in [6.45, 7) is 2.45. The van der Waals surface area contributed by atoms with E-state index in [9.17, 15) is 9.18 Å². The standard InChI is InChI=1S/C17H16ClFO2/c1-2-21-16-6-4-3-5-13(16)11-15(17(18)20)12-7-9-14(19)10-8-12/h3-10,15H,2,11H2,1H3. The molecule has 4 heteroatoms. The van der Waals surface area contributed by atoms with Crippen LogP contribution in [0.15, 0.2) is 48.5 Å². The SMILES string of the molecule is CCOc1ccccc1CC(C(=O)Cl)c1ccc(F)cc1. The molecule has 2 nitrogen and oxygen atoms in total. The van der Waals surface area contributed by atoms with Gasteiger partial charge in [-0.15, -0.1) is 0 Å². The molecule has 0 aliphatic carbocycles. The highest BCUT2D eigenvalue weighted by Crippen LogP contribution is 2.28. The fraction of sp³-hybridized carbons (Fsp3) is 0.235. The van der Waals surface area contributed by atoms with Gasteiger partial charge >= 0.3 is 0 Å². The Balaban J connectivity index is 2.29. The molecule has 1 unspecified atom stereocenters. The third-order valence-electron chi connectivity index (χ3n) is 3.24. The predicted octanol–water partition coefficient (Wildman–Crippen LogP) is 4.32. The molecule has 2 aromatic carbocycles. The van der Waals surface area contributed by atoms with E-state index in [1.165, 1.54) is 12.1 Å². The van der Waals surface area contributed by atoms with Gasteiger partial charge in [-0.1, -0.05) is 30.3 Å². The molecule has 0 heterocycles. The van der Waals surface area contributed by atoms with E-state index in [2.05, 4.69) is 0 Å². The van der Waals surface area contributed by atoms with E-state index in [-0.39, 0.29) is 5.82 Å². The van der Waals surface area contributed by atoms with E-state index in [0.29, 0.717) is 18.6 Å². The van der Waals surface area contributed by atoms with Crippen molar-refractivity contribution >= 4 is 16.8 Å². The first-order valence-electron chi connectivity index (χ1n) is 6.77. The normalized spacial score (nSPS) is 12.0. The number of carbonyl (C=O) groups is 1. The highest BCUT2D eigenvalue weighted by Gasteiger charge is 2.21. The molecule has 2 rings (SSSR count). The van der Waals surface area contributed by atoms with Crippen LogP contribution in [0.25, 0.3) is 0 Å². The largest absolute Gasteiger partial charge is 0.494 e. The molecule has 1 atom stereocenters. The van der Waals surface area contributed by atoms with Gasteiger partial charge < -0.3 is 4.74 Å². The van der Waals surface area contributed by atoms with Crippen molar-refractivity contribution in [3.8, 4) is 5.75 Å². The summed E-state index contributed by atoms with van der Waals surface area (Å²) >= 11 is 5.72. The molecule has 0 spiro atoms. The Morgan fingerprint density at radius 1 is 1.19 bits per heavy atom. The van der Waals surface area contributed by atoms with Crippen molar-refractivity contribution in [2.24, 2.45) is 0 Å². The van der Waals surface area contributed by atoms with Gasteiger partial charge in [0.2, 0.25) is 5.24 Å². The number of para-hydroxylation sites is 1. The molecule has 0 amide bonds. The second-order valence-electron chi connectivity index (χ2n) is 4.65. The molecular weight excluding hydrogens is 291 g/mol. The highest BCUT2D eigenvalue weighted by molar-refractivity contribution is 6.64. The molecule has 0 fully saturated rings. The number of ether oxygens (including phenoxy) is 1.